The second-order valence-electron chi connectivity index (χ2n) is 5.40. The fourth-order valence-electron chi connectivity index (χ4n) is 2.01. The number of rotatable bonds is 7. The zero-order valence-corrected chi connectivity index (χ0v) is 14.6. The molecule has 0 aliphatic carbocycles. The molecule has 2 aromatic carbocycles. The lowest BCUT2D eigenvalue weighted by atomic mass is 10.1. The number of nitrogens with zero attached hydrogens (tertiary/aromatic N) is 1. The summed E-state index contributed by atoms with van der Waals surface area (Å²) in [4.78, 5) is 33.3. The summed E-state index contributed by atoms with van der Waals surface area (Å²) in [5, 5.41) is 16.8. The van der Waals surface area contributed by atoms with Gasteiger partial charge in [0.05, 0.1) is 12.2 Å². The Morgan fingerprint density at radius 1 is 1.04 bits per heavy atom. The number of hydrogen-bond acceptors (Lipinski definition) is 6. The maximum absolute atomic E-state index is 11.4. The van der Waals surface area contributed by atoms with Crippen molar-refractivity contribution < 1.29 is 24.2 Å². The first-order valence-corrected chi connectivity index (χ1v) is 8.14. The molecule has 8 nitrogen and oxygen atoms in total. The number of hydrazone groups is 1. The zero-order valence-electron chi connectivity index (χ0n) is 14.6. The summed E-state index contributed by atoms with van der Waals surface area (Å²) in [6, 6.07) is 13.1. The van der Waals surface area contributed by atoms with Gasteiger partial charge in [-0.2, -0.15) is 5.10 Å². The highest BCUT2D eigenvalue weighted by Crippen LogP contribution is 2.14. The number of amides is 2. The molecule has 0 aromatic heterocycles. The average molecular weight is 368 g/mol. The quantitative estimate of drug-likeness (QED) is 0.411. The lowest BCUT2D eigenvalue weighted by molar-refractivity contribution is -0.255. The number of carbonyl (C=O) groups is 3. The summed E-state index contributed by atoms with van der Waals surface area (Å²) in [5.41, 5.74) is 3.77. The number of benzene rings is 2. The van der Waals surface area contributed by atoms with Crippen molar-refractivity contribution in [1.82, 2.24) is 10.7 Å². The predicted molar refractivity (Wildman–Crippen MR) is 96.0 cm³/mol. The highest BCUT2D eigenvalue weighted by Gasteiger charge is 2.09. The largest absolute Gasteiger partial charge is 0.545 e. The Bertz CT molecular complexity index is 829. The first kappa shape index (κ1) is 19.6. The smallest absolute Gasteiger partial charge is 0.329 e. The zero-order chi connectivity index (χ0) is 19.6. The molecule has 2 aromatic rings. The van der Waals surface area contributed by atoms with Crippen LogP contribution in [0.3, 0.4) is 0 Å². The molecule has 27 heavy (non-hydrogen) atoms. The van der Waals surface area contributed by atoms with Crippen LogP contribution in [0.5, 0.6) is 5.75 Å². The molecule has 0 aliphatic heterocycles. The highest BCUT2D eigenvalue weighted by molar-refractivity contribution is 6.35. The first-order valence-electron chi connectivity index (χ1n) is 8.14. The SMILES string of the molecule is CCNC(=O)C(=O)N/N=C\c1ccc(OCc2ccc(C(=O)[O-])cc2)cc1. The van der Waals surface area contributed by atoms with E-state index in [1.54, 1.807) is 43.3 Å². The van der Waals surface area contributed by atoms with Gasteiger partial charge in [0.25, 0.3) is 0 Å². The molecule has 0 bridgehead atoms. The monoisotopic (exact) mass is 368 g/mol. The van der Waals surface area contributed by atoms with Gasteiger partial charge in [-0.3, -0.25) is 9.59 Å². The van der Waals surface area contributed by atoms with E-state index < -0.39 is 17.8 Å². The Morgan fingerprint density at radius 3 is 2.30 bits per heavy atom. The van der Waals surface area contributed by atoms with Crippen molar-refractivity contribution in [3.63, 3.8) is 0 Å². The Hall–Kier alpha value is -3.68. The summed E-state index contributed by atoms with van der Waals surface area (Å²) >= 11 is 0. The van der Waals surface area contributed by atoms with Gasteiger partial charge in [0, 0.05) is 6.54 Å². The second kappa shape index (κ2) is 9.71. The molecule has 140 valence electrons. The molecule has 8 heteroatoms. The van der Waals surface area contributed by atoms with Crippen molar-refractivity contribution in [2.24, 2.45) is 5.10 Å². The molecule has 0 saturated carbocycles. The highest BCUT2D eigenvalue weighted by atomic mass is 16.5. The Morgan fingerprint density at radius 2 is 1.70 bits per heavy atom. The lowest BCUT2D eigenvalue weighted by Gasteiger charge is -2.08. The fraction of sp³-hybridized carbons (Fsp3) is 0.158. The normalized spacial score (nSPS) is 10.4. The number of carboxylic acids is 1. The van der Waals surface area contributed by atoms with Crippen molar-refractivity contribution in [2.45, 2.75) is 13.5 Å². The molecular formula is C19H18N3O5-. The second-order valence-corrected chi connectivity index (χ2v) is 5.40. The molecule has 0 spiro atoms. The molecule has 0 aliphatic rings. The van der Waals surface area contributed by atoms with Crippen LogP contribution >= 0.6 is 0 Å². The molecule has 2 rings (SSSR count). The molecule has 2 N–H and O–H groups in total. The van der Waals surface area contributed by atoms with E-state index in [0.717, 1.165) is 5.56 Å². The van der Waals surface area contributed by atoms with Gasteiger partial charge in [0.2, 0.25) is 0 Å². The van der Waals surface area contributed by atoms with E-state index in [0.29, 0.717) is 17.9 Å². The Labute approximate surface area is 155 Å². The molecule has 0 heterocycles. The van der Waals surface area contributed by atoms with Crippen molar-refractivity contribution in [1.29, 1.82) is 0 Å². The first-order chi connectivity index (χ1) is 13.0. The minimum absolute atomic E-state index is 0.113. The van der Waals surface area contributed by atoms with E-state index in [1.165, 1.54) is 18.3 Å². The molecule has 2 amide bonds. The topological polar surface area (TPSA) is 120 Å². The van der Waals surface area contributed by atoms with Crippen molar-refractivity contribution in [3.8, 4) is 5.75 Å². The number of carboxylic acid groups (broad SMARTS) is 1. The van der Waals surface area contributed by atoms with E-state index in [9.17, 15) is 19.5 Å². The summed E-state index contributed by atoms with van der Waals surface area (Å²) in [6.07, 6.45) is 1.40. The minimum Gasteiger partial charge on any atom is -0.545 e. The van der Waals surface area contributed by atoms with Gasteiger partial charge in [-0.05, 0) is 47.9 Å². The molecule has 0 radical (unpaired) electrons. The number of hydrogen-bond donors (Lipinski definition) is 2. The number of ether oxygens (including phenoxy) is 1. The van der Waals surface area contributed by atoms with Gasteiger partial charge in [0.1, 0.15) is 12.4 Å². The maximum atomic E-state index is 11.4. The lowest BCUT2D eigenvalue weighted by Crippen LogP contribution is -2.37. The third-order valence-electron chi connectivity index (χ3n) is 3.40. The van der Waals surface area contributed by atoms with E-state index in [-0.39, 0.29) is 12.2 Å². The van der Waals surface area contributed by atoms with Crippen LogP contribution < -0.4 is 20.6 Å². The number of carbonyl (C=O) groups excluding carboxylic acids is 3. The predicted octanol–water partition coefficient (Wildman–Crippen LogP) is 0.215. The van der Waals surface area contributed by atoms with E-state index in [2.05, 4.69) is 15.8 Å². The van der Waals surface area contributed by atoms with Gasteiger partial charge in [-0.15, -0.1) is 0 Å². The number of likely N-dealkylation sites (N-methyl/N-ethyl adjacent to an activating group) is 1. The summed E-state index contributed by atoms with van der Waals surface area (Å²) < 4.78 is 5.62. The van der Waals surface area contributed by atoms with Gasteiger partial charge in [0.15, 0.2) is 0 Å². The average Bonchev–Trinajstić information content (AvgIpc) is 2.67. The van der Waals surface area contributed by atoms with E-state index in [1.807, 2.05) is 0 Å². The van der Waals surface area contributed by atoms with Crippen LogP contribution in [-0.2, 0) is 16.2 Å². The fourth-order valence-corrected chi connectivity index (χ4v) is 2.01. The van der Waals surface area contributed by atoms with Crippen LogP contribution in [0.1, 0.15) is 28.4 Å². The van der Waals surface area contributed by atoms with Crippen molar-refractivity contribution in [3.05, 3.63) is 65.2 Å². The van der Waals surface area contributed by atoms with Crippen molar-refractivity contribution in [2.75, 3.05) is 6.54 Å². The van der Waals surface area contributed by atoms with Crippen LogP contribution in [-0.4, -0.2) is 30.5 Å². The maximum Gasteiger partial charge on any atom is 0.329 e. The molecule has 0 atom stereocenters. The van der Waals surface area contributed by atoms with Gasteiger partial charge >= 0.3 is 11.8 Å². The summed E-state index contributed by atoms with van der Waals surface area (Å²) in [7, 11) is 0. The van der Waals surface area contributed by atoms with Crippen LogP contribution in [0, 0.1) is 0 Å². The third-order valence-corrected chi connectivity index (χ3v) is 3.40. The van der Waals surface area contributed by atoms with Gasteiger partial charge in [-0.25, -0.2) is 5.43 Å². The minimum atomic E-state index is -1.22. The van der Waals surface area contributed by atoms with Crippen molar-refractivity contribution >= 4 is 24.0 Å². The molecule has 0 fully saturated rings. The number of aromatic carboxylic acids is 1. The Balaban J connectivity index is 1.84. The van der Waals surface area contributed by atoms with Crippen LogP contribution in [0.2, 0.25) is 0 Å². The standard InChI is InChI=1S/C19H19N3O5/c1-2-20-17(23)18(24)22-21-11-13-5-9-16(10-6-13)27-12-14-3-7-15(8-4-14)19(25)26/h3-11H,2,12H2,1H3,(H,20,23)(H,22,24)(H,25,26)/p-1/b21-11-. The van der Waals surface area contributed by atoms with Crippen LogP contribution in [0.4, 0.5) is 0 Å². The third kappa shape index (κ3) is 6.28. The van der Waals surface area contributed by atoms with Crippen LogP contribution in [0.25, 0.3) is 0 Å². The molecule has 0 unspecified atom stereocenters. The summed E-state index contributed by atoms with van der Waals surface area (Å²) in [6.45, 7) is 2.35. The summed E-state index contributed by atoms with van der Waals surface area (Å²) in [5.74, 6) is -2.19. The van der Waals surface area contributed by atoms with E-state index in [4.69, 9.17) is 4.74 Å². The Kier molecular flexibility index (Phi) is 7.07. The van der Waals surface area contributed by atoms with Crippen LogP contribution in [0.15, 0.2) is 53.6 Å². The molecule has 0 saturated heterocycles. The number of nitrogens with one attached hydrogen (secondary N) is 2. The molecular weight excluding hydrogens is 350 g/mol. The van der Waals surface area contributed by atoms with E-state index >= 15 is 0 Å². The van der Waals surface area contributed by atoms with Gasteiger partial charge < -0.3 is 20.0 Å². The van der Waals surface area contributed by atoms with Gasteiger partial charge in [-0.1, -0.05) is 24.3 Å².